The molecule has 0 aromatic heterocycles. The third-order valence-corrected chi connectivity index (χ3v) is 6.00. The van der Waals surface area contributed by atoms with Gasteiger partial charge in [-0.15, -0.1) is 0 Å². The van der Waals surface area contributed by atoms with Crippen LogP contribution in [0.5, 0.6) is 0 Å². The van der Waals surface area contributed by atoms with Crippen LogP contribution < -0.4 is 0 Å². The van der Waals surface area contributed by atoms with Crippen molar-refractivity contribution in [3.8, 4) is 0 Å². The standard InChI is InChI=1S/C26H48NO8P/c1-6-8-10-12-14-16-18-25(28)32-22-24(35-26(29)19-17-15-13-11-9-7-2)23-34-36(30,31)33-21-20-27(3,4)5/h14-17,24H,6-13,18-23H2,1-5H3/p+1/t24-/m1/s1. The summed E-state index contributed by atoms with van der Waals surface area (Å²) in [4.78, 5) is 34.3. The van der Waals surface area contributed by atoms with Crippen LogP contribution in [0.25, 0.3) is 0 Å². The second-order valence-corrected chi connectivity index (χ2v) is 11.2. The fourth-order valence-corrected chi connectivity index (χ4v) is 3.60. The Hall–Kier alpha value is -1.51. The summed E-state index contributed by atoms with van der Waals surface area (Å²) < 4.78 is 33.3. The summed E-state index contributed by atoms with van der Waals surface area (Å²) in [5, 5.41) is 0. The number of unbranched alkanes of at least 4 members (excludes halogenated alkanes) is 6. The molecule has 9 nitrogen and oxygen atoms in total. The van der Waals surface area contributed by atoms with Crippen LogP contribution in [-0.4, -0.2) is 74.9 Å². The first kappa shape index (κ1) is 34.5. The fourth-order valence-electron chi connectivity index (χ4n) is 2.86. The van der Waals surface area contributed by atoms with Gasteiger partial charge in [-0.3, -0.25) is 18.6 Å². The maximum Gasteiger partial charge on any atom is 0.472 e. The Labute approximate surface area is 218 Å². The Balaban J connectivity index is 4.76. The summed E-state index contributed by atoms with van der Waals surface area (Å²) in [5.74, 6) is -1.02. The molecule has 0 aromatic carbocycles. The minimum Gasteiger partial charge on any atom is -0.461 e. The van der Waals surface area contributed by atoms with E-state index >= 15 is 0 Å². The van der Waals surface area contributed by atoms with Crippen LogP contribution in [0.15, 0.2) is 24.3 Å². The molecule has 0 aromatic rings. The third kappa shape index (κ3) is 22.9. The fraction of sp³-hybridized carbons (Fsp3) is 0.769. The average Bonchev–Trinajstić information content (AvgIpc) is 2.79. The van der Waals surface area contributed by atoms with Gasteiger partial charge in [0.1, 0.15) is 19.8 Å². The Morgan fingerprint density at radius 3 is 1.92 bits per heavy atom. The predicted octanol–water partition coefficient (Wildman–Crippen LogP) is 5.33. The van der Waals surface area contributed by atoms with Gasteiger partial charge in [0.15, 0.2) is 6.10 Å². The maximum atomic E-state index is 12.2. The first-order valence-corrected chi connectivity index (χ1v) is 14.6. The van der Waals surface area contributed by atoms with Crippen molar-refractivity contribution in [1.82, 2.24) is 0 Å². The van der Waals surface area contributed by atoms with Gasteiger partial charge in [0, 0.05) is 0 Å². The normalized spacial score (nSPS) is 14.7. The van der Waals surface area contributed by atoms with Crippen molar-refractivity contribution in [3.05, 3.63) is 24.3 Å². The summed E-state index contributed by atoms with van der Waals surface area (Å²) in [5.41, 5.74) is 0. The van der Waals surface area contributed by atoms with Gasteiger partial charge in [0.25, 0.3) is 0 Å². The van der Waals surface area contributed by atoms with Gasteiger partial charge in [-0.2, -0.15) is 0 Å². The molecule has 0 amide bonds. The zero-order chi connectivity index (χ0) is 27.3. The number of rotatable bonds is 22. The molecule has 0 radical (unpaired) electrons. The van der Waals surface area contributed by atoms with E-state index in [1.165, 1.54) is 0 Å². The number of ether oxygens (including phenoxy) is 2. The molecular formula is C26H49NO8P+. The third-order valence-electron chi connectivity index (χ3n) is 5.02. The molecule has 210 valence electrons. The van der Waals surface area contributed by atoms with Crippen molar-refractivity contribution in [2.75, 3.05) is 47.5 Å². The summed E-state index contributed by atoms with van der Waals surface area (Å²) in [7, 11) is 1.42. The van der Waals surface area contributed by atoms with Crippen LogP contribution in [-0.2, 0) is 32.7 Å². The zero-order valence-electron chi connectivity index (χ0n) is 23.0. The smallest absolute Gasteiger partial charge is 0.461 e. The summed E-state index contributed by atoms with van der Waals surface area (Å²) in [6.45, 7) is 4.05. The van der Waals surface area contributed by atoms with Gasteiger partial charge < -0.3 is 18.9 Å². The van der Waals surface area contributed by atoms with Crippen LogP contribution in [0.1, 0.15) is 78.1 Å². The van der Waals surface area contributed by atoms with Crippen molar-refractivity contribution in [3.63, 3.8) is 0 Å². The van der Waals surface area contributed by atoms with Gasteiger partial charge >= 0.3 is 19.8 Å². The molecule has 0 aliphatic carbocycles. The zero-order valence-corrected chi connectivity index (χ0v) is 23.9. The summed E-state index contributed by atoms with van der Waals surface area (Å²) in [6, 6.07) is 0. The maximum absolute atomic E-state index is 12.2. The van der Waals surface area contributed by atoms with E-state index in [4.69, 9.17) is 18.5 Å². The molecule has 0 saturated carbocycles. The second kappa shape index (κ2) is 20.5. The van der Waals surface area contributed by atoms with Gasteiger partial charge in [-0.1, -0.05) is 63.8 Å². The lowest BCUT2D eigenvalue weighted by atomic mass is 10.2. The number of likely N-dealkylation sites (N-methyl/N-ethyl adjacent to an activating group) is 1. The Morgan fingerprint density at radius 2 is 1.39 bits per heavy atom. The molecule has 0 saturated heterocycles. The van der Waals surface area contributed by atoms with E-state index in [0.717, 1.165) is 51.4 Å². The number of carbonyl (C=O) groups is 2. The number of allylic oxidation sites excluding steroid dienone is 2. The molecular weight excluding hydrogens is 485 g/mol. The number of quaternary nitrogens is 1. The lowest BCUT2D eigenvalue weighted by Gasteiger charge is -2.24. The van der Waals surface area contributed by atoms with E-state index in [1.54, 1.807) is 12.2 Å². The van der Waals surface area contributed by atoms with Crippen LogP contribution in [0, 0.1) is 0 Å². The minimum atomic E-state index is -4.36. The largest absolute Gasteiger partial charge is 0.472 e. The van der Waals surface area contributed by atoms with E-state index in [9.17, 15) is 19.0 Å². The lowest BCUT2D eigenvalue weighted by molar-refractivity contribution is -0.870. The molecule has 1 N–H and O–H groups in total. The lowest BCUT2D eigenvalue weighted by Crippen LogP contribution is -2.37. The number of hydrogen-bond acceptors (Lipinski definition) is 7. The molecule has 0 rings (SSSR count). The number of hydrogen-bond donors (Lipinski definition) is 1. The highest BCUT2D eigenvalue weighted by atomic mass is 31.2. The quantitative estimate of drug-likeness (QED) is 0.0652. The Bertz CT molecular complexity index is 703. The highest BCUT2D eigenvalue weighted by Crippen LogP contribution is 2.43. The van der Waals surface area contributed by atoms with E-state index in [0.29, 0.717) is 11.0 Å². The number of phosphoric ester groups is 1. The Morgan fingerprint density at radius 1 is 0.833 bits per heavy atom. The molecule has 0 spiro atoms. The number of esters is 2. The second-order valence-electron chi connectivity index (χ2n) is 9.75. The first-order chi connectivity index (χ1) is 17.0. The number of nitrogens with zero attached hydrogens (tertiary/aromatic N) is 1. The SMILES string of the molecule is CCCCCC=CCC(=O)OC[C@H](COP(=O)(O)OCC[N+](C)(C)C)OC(=O)CC=CCCCCC. The number of phosphoric acid groups is 1. The Kier molecular flexibility index (Phi) is 19.7. The van der Waals surface area contributed by atoms with Crippen LogP contribution >= 0.6 is 7.82 Å². The molecule has 36 heavy (non-hydrogen) atoms. The van der Waals surface area contributed by atoms with E-state index in [1.807, 2.05) is 33.3 Å². The van der Waals surface area contributed by atoms with Crippen molar-refractivity contribution in [2.24, 2.45) is 0 Å². The molecule has 1 unspecified atom stereocenters. The van der Waals surface area contributed by atoms with E-state index in [2.05, 4.69) is 13.8 Å². The van der Waals surface area contributed by atoms with Crippen LogP contribution in [0.3, 0.4) is 0 Å². The van der Waals surface area contributed by atoms with Crippen molar-refractivity contribution in [1.29, 1.82) is 0 Å². The highest BCUT2D eigenvalue weighted by molar-refractivity contribution is 7.47. The van der Waals surface area contributed by atoms with Gasteiger partial charge in [0.05, 0.1) is 40.6 Å². The molecule has 10 heteroatoms. The summed E-state index contributed by atoms with van der Waals surface area (Å²) >= 11 is 0. The van der Waals surface area contributed by atoms with Crippen LogP contribution in [0.2, 0.25) is 0 Å². The molecule has 0 bridgehead atoms. The minimum absolute atomic E-state index is 0.0180. The van der Waals surface area contributed by atoms with Gasteiger partial charge in [-0.05, 0) is 25.7 Å². The average molecular weight is 535 g/mol. The van der Waals surface area contributed by atoms with Gasteiger partial charge in [0.2, 0.25) is 0 Å². The van der Waals surface area contributed by atoms with Crippen molar-refractivity contribution >= 4 is 19.8 Å². The van der Waals surface area contributed by atoms with E-state index < -0.39 is 32.5 Å². The molecule has 0 fully saturated rings. The monoisotopic (exact) mass is 534 g/mol. The molecule has 0 aliphatic rings. The molecule has 2 atom stereocenters. The van der Waals surface area contributed by atoms with Crippen LogP contribution in [0.4, 0.5) is 0 Å². The highest BCUT2D eigenvalue weighted by Gasteiger charge is 2.26. The van der Waals surface area contributed by atoms with Crippen molar-refractivity contribution in [2.45, 2.75) is 84.2 Å². The van der Waals surface area contributed by atoms with Crippen molar-refractivity contribution < 1.29 is 42.1 Å². The van der Waals surface area contributed by atoms with Gasteiger partial charge in [-0.25, -0.2) is 4.57 Å². The topological polar surface area (TPSA) is 108 Å². The molecule has 0 aliphatic heterocycles. The molecule has 0 heterocycles. The van der Waals surface area contributed by atoms with E-state index in [-0.39, 0.29) is 26.1 Å². The first-order valence-electron chi connectivity index (χ1n) is 13.1. The summed E-state index contributed by atoms with van der Waals surface area (Å²) in [6.07, 6.45) is 14.9. The predicted molar refractivity (Wildman–Crippen MR) is 141 cm³/mol. The number of carbonyl (C=O) groups excluding carboxylic acids is 2.